The third kappa shape index (κ3) is 4.13. The molecule has 0 radical (unpaired) electrons. The number of carbonyl (C=O) groups is 1. The maximum absolute atomic E-state index is 13.8. The van der Waals surface area contributed by atoms with Crippen molar-refractivity contribution in [1.29, 1.82) is 0 Å². The molecule has 0 aromatic heterocycles. The van der Waals surface area contributed by atoms with Crippen LogP contribution in [-0.4, -0.2) is 30.5 Å². The molecule has 2 N–H and O–H groups in total. The SMILES string of the molecule is O=C(OCCNC(=S)NC1CCc2c(F)cccc21)c1cccc2c1OC(F)(F)O2. The zero-order chi connectivity index (χ0) is 21.3. The topological polar surface area (TPSA) is 68.8 Å². The van der Waals surface area contributed by atoms with Gasteiger partial charge in [-0.1, -0.05) is 18.2 Å². The Labute approximate surface area is 175 Å². The van der Waals surface area contributed by atoms with Crippen LogP contribution in [0.1, 0.15) is 33.9 Å². The number of hydrogen-bond donors (Lipinski definition) is 2. The first-order valence-corrected chi connectivity index (χ1v) is 9.62. The fourth-order valence-electron chi connectivity index (χ4n) is 3.48. The van der Waals surface area contributed by atoms with Crippen molar-refractivity contribution in [3.05, 3.63) is 58.9 Å². The molecule has 158 valence electrons. The van der Waals surface area contributed by atoms with Gasteiger partial charge in [-0.25, -0.2) is 9.18 Å². The minimum atomic E-state index is -3.82. The fourth-order valence-corrected chi connectivity index (χ4v) is 3.73. The van der Waals surface area contributed by atoms with Crippen LogP contribution in [0.5, 0.6) is 11.5 Å². The zero-order valence-corrected chi connectivity index (χ0v) is 16.4. The van der Waals surface area contributed by atoms with Gasteiger partial charge in [-0.15, -0.1) is 8.78 Å². The van der Waals surface area contributed by atoms with Crippen LogP contribution in [0.2, 0.25) is 0 Å². The van der Waals surface area contributed by atoms with E-state index in [-0.39, 0.29) is 42.1 Å². The van der Waals surface area contributed by atoms with Crippen molar-refractivity contribution < 1.29 is 32.2 Å². The van der Waals surface area contributed by atoms with Gasteiger partial charge in [-0.2, -0.15) is 0 Å². The van der Waals surface area contributed by atoms with E-state index in [0.29, 0.717) is 17.1 Å². The predicted octanol–water partition coefficient (Wildman–Crippen LogP) is 3.46. The molecule has 30 heavy (non-hydrogen) atoms. The molecular weight excluding hydrogens is 421 g/mol. The van der Waals surface area contributed by atoms with Crippen LogP contribution >= 0.6 is 12.2 Å². The molecule has 0 saturated carbocycles. The van der Waals surface area contributed by atoms with Gasteiger partial charge in [0.2, 0.25) is 0 Å². The van der Waals surface area contributed by atoms with Gasteiger partial charge in [-0.05, 0) is 54.4 Å². The Morgan fingerprint density at radius 3 is 2.87 bits per heavy atom. The van der Waals surface area contributed by atoms with Crippen molar-refractivity contribution in [3.8, 4) is 11.5 Å². The van der Waals surface area contributed by atoms with E-state index >= 15 is 0 Å². The Morgan fingerprint density at radius 1 is 1.23 bits per heavy atom. The molecule has 0 amide bonds. The number of nitrogens with one attached hydrogen (secondary N) is 2. The number of carbonyl (C=O) groups excluding carboxylic acids is 1. The van der Waals surface area contributed by atoms with Crippen molar-refractivity contribution in [2.45, 2.75) is 25.2 Å². The monoisotopic (exact) mass is 438 g/mol. The van der Waals surface area contributed by atoms with E-state index in [1.54, 1.807) is 6.07 Å². The molecule has 0 fully saturated rings. The molecule has 0 bridgehead atoms. The molecule has 0 saturated heterocycles. The van der Waals surface area contributed by atoms with Crippen LogP contribution in [0.4, 0.5) is 13.2 Å². The zero-order valence-electron chi connectivity index (χ0n) is 15.5. The first-order chi connectivity index (χ1) is 14.3. The van der Waals surface area contributed by atoms with Crippen LogP contribution in [-0.2, 0) is 11.2 Å². The van der Waals surface area contributed by atoms with Crippen LogP contribution in [0, 0.1) is 5.82 Å². The lowest BCUT2D eigenvalue weighted by Gasteiger charge is -2.17. The van der Waals surface area contributed by atoms with E-state index in [1.165, 1.54) is 24.3 Å². The summed E-state index contributed by atoms with van der Waals surface area (Å²) in [6, 6.07) is 8.83. The highest BCUT2D eigenvalue weighted by Crippen LogP contribution is 2.43. The number of halogens is 3. The molecular formula is C20H17F3N2O4S. The lowest BCUT2D eigenvalue weighted by atomic mass is 10.1. The second kappa shape index (κ2) is 8.02. The van der Waals surface area contributed by atoms with Crippen LogP contribution < -0.4 is 20.1 Å². The number of esters is 1. The van der Waals surface area contributed by atoms with Crippen LogP contribution in [0.25, 0.3) is 0 Å². The second-order valence-corrected chi connectivity index (χ2v) is 7.14. The van der Waals surface area contributed by atoms with Gasteiger partial charge in [0.1, 0.15) is 18.0 Å². The summed E-state index contributed by atoms with van der Waals surface area (Å²) in [5, 5.41) is 6.36. The van der Waals surface area contributed by atoms with Gasteiger partial charge in [0, 0.05) is 0 Å². The highest BCUT2D eigenvalue weighted by Gasteiger charge is 2.45. The smallest absolute Gasteiger partial charge is 0.460 e. The number of rotatable bonds is 5. The van der Waals surface area contributed by atoms with E-state index < -0.39 is 12.3 Å². The maximum atomic E-state index is 13.8. The molecule has 10 heteroatoms. The summed E-state index contributed by atoms with van der Waals surface area (Å²) in [6.45, 7) is 0.139. The number of ether oxygens (including phenoxy) is 3. The number of alkyl halides is 2. The van der Waals surface area contributed by atoms with Crippen molar-refractivity contribution in [1.82, 2.24) is 10.6 Å². The minimum absolute atomic E-state index is 0.0581. The van der Waals surface area contributed by atoms with Gasteiger partial charge < -0.3 is 24.8 Å². The van der Waals surface area contributed by atoms with Crippen molar-refractivity contribution in [3.63, 3.8) is 0 Å². The Balaban J connectivity index is 1.25. The van der Waals surface area contributed by atoms with Gasteiger partial charge in [0.05, 0.1) is 12.6 Å². The van der Waals surface area contributed by atoms with Crippen LogP contribution in [0.15, 0.2) is 36.4 Å². The summed E-state index contributed by atoms with van der Waals surface area (Å²) in [5.74, 6) is -1.63. The average Bonchev–Trinajstić information content (AvgIpc) is 3.24. The summed E-state index contributed by atoms with van der Waals surface area (Å²) >= 11 is 5.24. The molecule has 2 aromatic carbocycles. The normalized spacial score (nSPS) is 17.9. The van der Waals surface area contributed by atoms with E-state index in [9.17, 15) is 18.0 Å². The molecule has 1 aliphatic carbocycles. The molecule has 1 atom stereocenters. The van der Waals surface area contributed by atoms with Crippen molar-refractivity contribution >= 4 is 23.3 Å². The predicted molar refractivity (Wildman–Crippen MR) is 104 cm³/mol. The number of para-hydroxylation sites is 1. The van der Waals surface area contributed by atoms with E-state index in [2.05, 4.69) is 20.1 Å². The third-order valence-electron chi connectivity index (χ3n) is 4.79. The standard InChI is InChI=1S/C20H17F3N2O4S/c21-14-5-1-3-12-11(14)7-8-15(12)25-19(30)24-9-10-27-18(26)13-4-2-6-16-17(13)29-20(22,23)28-16/h1-6,15H,7-10H2,(H2,24,25,30). The Bertz CT molecular complexity index is 1000. The summed E-state index contributed by atoms with van der Waals surface area (Å²) in [4.78, 5) is 12.2. The Morgan fingerprint density at radius 2 is 2.03 bits per heavy atom. The van der Waals surface area contributed by atoms with E-state index in [1.807, 2.05) is 6.07 Å². The summed E-state index contributed by atoms with van der Waals surface area (Å²) in [6.07, 6.45) is -2.47. The van der Waals surface area contributed by atoms with E-state index in [4.69, 9.17) is 17.0 Å². The third-order valence-corrected chi connectivity index (χ3v) is 5.05. The summed E-state index contributed by atoms with van der Waals surface area (Å²) in [5.41, 5.74) is 1.41. The van der Waals surface area contributed by atoms with Gasteiger partial charge in [0.15, 0.2) is 16.6 Å². The number of benzene rings is 2. The fraction of sp³-hybridized carbons (Fsp3) is 0.300. The maximum Gasteiger partial charge on any atom is 0.586 e. The first-order valence-electron chi connectivity index (χ1n) is 9.22. The van der Waals surface area contributed by atoms with Gasteiger partial charge in [-0.3, -0.25) is 0 Å². The highest BCUT2D eigenvalue weighted by molar-refractivity contribution is 7.80. The molecule has 6 nitrogen and oxygen atoms in total. The highest BCUT2D eigenvalue weighted by atomic mass is 32.1. The molecule has 2 aromatic rings. The molecule has 0 spiro atoms. The Hall–Kier alpha value is -3.01. The van der Waals surface area contributed by atoms with Gasteiger partial charge in [0.25, 0.3) is 0 Å². The molecule has 4 rings (SSSR count). The summed E-state index contributed by atoms with van der Waals surface area (Å²) < 4.78 is 54.0. The quantitative estimate of drug-likeness (QED) is 0.421. The second-order valence-electron chi connectivity index (χ2n) is 6.74. The first kappa shape index (κ1) is 20.3. The minimum Gasteiger partial charge on any atom is -0.460 e. The summed E-state index contributed by atoms with van der Waals surface area (Å²) in [7, 11) is 0. The van der Waals surface area contributed by atoms with Crippen LogP contribution in [0.3, 0.4) is 0 Å². The number of fused-ring (bicyclic) bond motifs is 2. The number of hydrogen-bond acceptors (Lipinski definition) is 5. The van der Waals surface area contributed by atoms with Crippen molar-refractivity contribution in [2.75, 3.05) is 13.2 Å². The number of thiocarbonyl (C=S) groups is 1. The van der Waals surface area contributed by atoms with Gasteiger partial charge >= 0.3 is 12.3 Å². The lowest BCUT2D eigenvalue weighted by Crippen LogP contribution is -2.38. The molecule has 1 unspecified atom stereocenters. The molecule has 2 aliphatic rings. The molecule has 1 aliphatic heterocycles. The van der Waals surface area contributed by atoms with Crippen molar-refractivity contribution in [2.24, 2.45) is 0 Å². The largest absolute Gasteiger partial charge is 0.586 e. The van der Waals surface area contributed by atoms with E-state index in [0.717, 1.165) is 12.0 Å². The Kier molecular flexibility index (Phi) is 5.42. The average molecular weight is 438 g/mol. The molecule has 1 heterocycles. The lowest BCUT2D eigenvalue weighted by molar-refractivity contribution is -0.286.